The Hall–Kier alpha value is -3.93. The van der Waals surface area contributed by atoms with E-state index in [1.807, 2.05) is 42.5 Å². The highest BCUT2D eigenvalue weighted by atomic mass is 16.5. The van der Waals surface area contributed by atoms with E-state index < -0.39 is 0 Å². The van der Waals surface area contributed by atoms with Gasteiger partial charge in [-0.1, -0.05) is 36.4 Å². The van der Waals surface area contributed by atoms with E-state index in [0.29, 0.717) is 35.1 Å². The molecule has 0 aliphatic carbocycles. The van der Waals surface area contributed by atoms with Crippen molar-refractivity contribution in [2.45, 2.75) is 13.2 Å². The summed E-state index contributed by atoms with van der Waals surface area (Å²) in [5.41, 5.74) is 2.82. The molecule has 0 aliphatic rings. The van der Waals surface area contributed by atoms with Gasteiger partial charge in [0.15, 0.2) is 5.76 Å². The van der Waals surface area contributed by atoms with Gasteiger partial charge in [0.1, 0.15) is 18.1 Å². The number of hydrogen-bond acceptors (Lipinski definition) is 5. The molecule has 4 rings (SSSR count). The summed E-state index contributed by atoms with van der Waals surface area (Å²) in [6.45, 7) is 0.676. The zero-order chi connectivity index (χ0) is 19.9. The Kier molecular flexibility index (Phi) is 5.62. The van der Waals surface area contributed by atoms with Gasteiger partial charge >= 0.3 is 0 Å². The second kappa shape index (κ2) is 8.84. The van der Waals surface area contributed by atoms with Crippen LogP contribution in [0, 0.1) is 0 Å². The van der Waals surface area contributed by atoms with Crippen molar-refractivity contribution in [3.63, 3.8) is 0 Å². The van der Waals surface area contributed by atoms with Crippen molar-refractivity contribution in [1.29, 1.82) is 0 Å². The number of benzene rings is 2. The molecule has 6 nitrogen and oxygen atoms in total. The molecule has 144 valence electrons. The number of rotatable bonds is 7. The summed E-state index contributed by atoms with van der Waals surface area (Å²) >= 11 is 0. The summed E-state index contributed by atoms with van der Waals surface area (Å²) < 4.78 is 11.2. The van der Waals surface area contributed by atoms with Gasteiger partial charge in [0.05, 0.1) is 18.5 Å². The Labute approximate surface area is 168 Å². The lowest BCUT2D eigenvalue weighted by Gasteiger charge is -2.10. The molecule has 6 heteroatoms. The lowest BCUT2D eigenvalue weighted by atomic mass is 10.2. The minimum Gasteiger partial charge on any atom is -0.489 e. The van der Waals surface area contributed by atoms with Crippen LogP contribution in [0.3, 0.4) is 0 Å². The zero-order valence-electron chi connectivity index (χ0n) is 15.6. The summed E-state index contributed by atoms with van der Waals surface area (Å²) in [6, 6.07) is 20.6. The average molecular weight is 385 g/mol. The molecule has 0 saturated carbocycles. The molecular formula is C23H19N3O3. The van der Waals surface area contributed by atoms with Crippen molar-refractivity contribution in [1.82, 2.24) is 15.3 Å². The topological polar surface area (TPSA) is 77.3 Å². The fourth-order valence-electron chi connectivity index (χ4n) is 2.85. The van der Waals surface area contributed by atoms with Gasteiger partial charge in [-0.15, -0.1) is 0 Å². The standard InChI is InChI=1S/C23H19N3O3/c27-23(26-15-20-22(25-12-11-24-20)21-10-5-13-28-21)18-8-4-9-19(14-18)29-16-17-6-2-1-3-7-17/h1-14H,15-16H2,(H,26,27). The van der Waals surface area contributed by atoms with Crippen LogP contribution in [-0.4, -0.2) is 15.9 Å². The number of carbonyl (C=O) groups excluding carboxylic acids is 1. The fourth-order valence-corrected chi connectivity index (χ4v) is 2.85. The highest BCUT2D eigenvalue weighted by Gasteiger charge is 2.13. The quantitative estimate of drug-likeness (QED) is 0.515. The van der Waals surface area contributed by atoms with Gasteiger partial charge in [0.25, 0.3) is 5.91 Å². The van der Waals surface area contributed by atoms with Gasteiger partial charge < -0.3 is 14.5 Å². The molecule has 0 fully saturated rings. The Morgan fingerprint density at radius 3 is 2.66 bits per heavy atom. The lowest BCUT2D eigenvalue weighted by Crippen LogP contribution is -2.23. The molecule has 1 N–H and O–H groups in total. The minimum atomic E-state index is -0.216. The van der Waals surface area contributed by atoms with E-state index in [9.17, 15) is 4.79 Å². The number of nitrogens with one attached hydrogen (secondary N) is 1. The van der Waals surface area contributed by atoms with E-state index in [4.69, 9.17) is 9.15 Å². The highest BCUT2D eigenvalue weighted by molar-refractivity contribution is 5.94. The van der Waals surface area contributed by atoms with E-state index in [1.54, 1.807) is 42.9 Å². The molecule has 0 atom stereocenters. The monoisotopic (exact) mass is 385 g/mol. The summed E-state index contributed by atoms with van der Waals surface area (Å²) in [4.78, 5) is 21.2. The lowest BCUT2D eigenvalue weighted by molar-refractivity contribution is 0.0950. The minimum absolute atomic E-state index is 0.216. The largest absolute Gasteiger partial charge is 0.489 e. The second-order valence-corrected chi connectivity index (χ2v) is 6.31. The fraction of sp³-hybridized carbons (Fsp3) is 0.0870. The first-order chi connectivity index (χ1) is 14.3. The molecular weight excluding hydrogens is 366 g/mol. The molecule has 4 aromatic rings. The number of amides is 1. The normalized spacial score (nSPS) is 10.5. The summed E-state index contributed by atoms with van der Waals surface area (Å²) in [5, 5.41) is 2.88. The highest BCUT2D eigenvalue weighted by Crippen LogP contribution is 2.20. The molecule has 0 saturated heterocycles. The predicted molar refractivity (Wildman–Crippen MR) is 108 cm³/mol. The van der Waals surface area contributed by atoms with E-state index in [2.05, 4.69) is 15.3 Å². The maximum atomic E-state index is 12.6. The smallest absolute Gasteiger partial charge is 0.251 e. The summed E-state index contributed by atoms with van der Waals surface area (Å²) in [7, 11) is 0. The van der Waals surface area contributed by atoms with Gasteiger partial charge in [-0.05, 0) is 35.9 Å². The van der Waals surface area contributed by atoms with Crippen LogP contribution in [0.4, 0.5) is 0 Å². The van der Waals surface area contributed by atoms with Gasteiger partial charge in [-0.2, -0.15) is 0 Å². The van der Waals surface area contributed by atoms with Gasteiger partial charge in [-0.25, -0.2) is 4.98 Å². The Morgan fingerprint density at radius 2 is 1.83 bits per heavy atom. The zero-order valence-corrected chi connectivity index (χ0v) is 15.6. The number of carbonyl (C=O) groups is 1. The third kappa shape index (κ3) is 4.68. The molecule has 0 radical (unpaired) electrons. The van der Waals surface area contributed by atoms with Crippen LogP contribution in [0.25, 0.3) is 11.5 Å². The molecule has 0 spiro atoms. The van der Waals surface area contributed by atoms with Crippen molar-refractivity contribution in [2.24, 2.45) is 0 Å². The van der Waals surface area contributed by atoms with Crippen LogP contribution in [0.2, 0.25) is 0 Å². The first-order valence-corrected chi connectivity index (χ1v) is 9.18. The van der Waals surface area contributed by atoms with Crippen LogP contribution < -0.4 is 10.1 Å². The number of hydrogen-bond donors (Lipinski definition) is 1. The van der Waals surface area contributed by atoms with Crippen LogP contribution in [-0.2, 0) is 13.2 Å². The number of nitrogens with zero attached hydrogens (tertiary/aromatic N) is 2. The summed E-state index contributed by atoms with van der Waals surface area (Å²) in [5.74, 6) is 1.03. The third-order valence-corrected chi connectivity index (χ3v) is 4.29. The van der Waals surface area contributed by atoms with Crippen LogP contribution in [0.5, 0.6) is 5.75 Å². The number of aromatic nitrogens is 2. The van der Waals surface area contributed by atoms with Crippen molar-refractivity contribution in [2.75, 3.05) is 0 Å². The predicted octanol–water partition coefficient (Wildman–Crippen LogP) is 4.25. The number of furan rings is 1. The molecule has 0 unspecified atom stereocenters. The molecule has 2 aromatic heterocycles. The molecule has 29 heavy (non-hydrogen) atoms. The van der Waals surface area contributed by atoms with Crippen LogP contribution in [0.1, 0.15) is 21.6 Å². The molecule has 2 heterocycles. The van der Waals surface area contributed by atoms with Gasteiger partial charge in [0, 0.05) is 18.0 Å². The SMILES string of the molecule is O=C(NCc1nccnc1-c1ccco1)c1cccc(OCc2ccccc2)c1. The van der Waals surface area contributed by atoms with Crippen LogP contribution in [0.15, 0.2) is 89.8 Å². The van der Waals surface area contributed by atoms with Crippen molar-refractivity contribution >= 4 is 5.91 Å². The second-order valence-electron chi connectivity index (χ2n) is 6.31. The summed E-state index contributed by atoms with van der Waals surface area (Å²) in [6.07, 6.45) is 4.76. The molecule has 0 aliphatic heterocycles. The van der Waals surface area contributed by atoms with Crippen LogP contribution >= 0.6 is 0 Å². The van der Waals surface area contributed by atoms with E-state index in [1.165, 1.54) is 0 Å². The first-order valence-electron chi connectivity index (χ1n) is 9.18. The average Bonchev–Trinajstić information content (AvgIpc) is 3.32. The van der Waals surface area contributed by atoms with E-state index in [0.717, 1.165) is 5.56 Å². The van der Waals surface area contributed by atoms with Gasteiger partial charge in [0.2, 0.25) is 0 Å². The maximum absolute atomic E-state index is 12.6. The van der Waals surface area contributed by atoms with Crippen molar-refractivity contribution < 1.29 is 13.9 Å². The maximum Gasteiger partial charge on any atom is 0.251 e. The Morgan fingerprint density at radius 1 is 0.966 bits per heavy atom. The Bertz CT molecular complexity index is 1080. The van der Waals surface area contributed by atoms with Crippen molar-refractivity contribution in [3.8, 4) is 17.2 Å². The first kappa shape index (κ1) is 18.4. The van der Waals surface area contributed by atoms with Crippen molar-refractivity contribution in [3.05, 3.63) is 102 Å². The Balaban J connectivity index is 1.41. The third-order valence-electron chi connectivity index (χ3n) is 4.29. The van der Waals surface area contributed by atoms with E-state index >= 15 is 0 Å². The number of ether oxygens (including phenoxy) is 1. The molecule has 1 amide bonds. The molecule has 0 bridgehead atoms. The van der Waals surface area contributed by atoms with Gasteiger partial charge in [-0.3, -0.25) is 9.78 Å². The van der Waals surface area contributed by atoms with E-state index in [-0.39, 0.29) is 12.5 Å². The molecule has 2 aromatic carbocycles.